The summed E-state index contributed by atoms with van der Waals surface area (Å²) in [5.41, 5.74) is 0.0687. The highest BCUT2D eigenvalue weighted by Gasteiger charge is 2.34. The van der Waals surface area contributed by atoms with Gasteiger partial charge in [0.05, 0.1) is 18.7 Å². The summed E-state index contributed by atoms with van der Waals surface area (Å²) in [6.07, 6.45) is -2.19. The van der Waals surface area contributed by atoms with Gasteiger partial charge >= 0.3 is 6.18 Å². The number of nitrogens with one attached hydrogen (secondary N) is 2. The maximum absolute atomic E-state index is 12.6. The molecule has 1 fully saturated rings. The van der Waals surface area contributed by atoms with E-state index in [1.807, 2.05) is 6.92 Å². The number of guanidine groups is 1. The molecular formula is C19H28F3N3O2. The number of hydrogen-bond acceptors (Lipinski definition) is 3. The number of ether oxygens (including phenoxy) is 1. The highest BCUT2D eigenvalue weighted by molar-refractivity contribution is 5.79. The van der Waals surface area contributed by atoms with E-state index in [0.717, 1.165) is 24.1 Å². The molecule has 3 N–H and O–H groups in total. The van der Waals surface area contributed by atoms with Crippen LogP contribution in [0.5, 0.6) is 0 Å². The topological polar surface area (TPSA) is 65.9 Å². The summed E-state index contributed by atoms with van der Waals surface area (Å²) in [5.74, 6) is 0.661. The third kappa shape index (κ3) is 6.70. The van der Waals surface area contributed by atoms with Crippen LogP contribution in [0, 0.1) is 5.41 Å². The second-order valence-electron chi connectivity index (χ2n) is 6.84. The van der Waals surface area contributed by atoms with E-state index in [1.165, 1.54) is 12.1 Å². The molecule has 1 aliphatic rings. The first kappa shape index (κ1) is 21.5. The van der Waals surface area contributed by atoms with Crippen LogP contribution >= 0.6 is 0 Å². The second kappa shape index (κ2) is 9.94. The Kier molecular flexibility index (Phi) is 7.91. The van der Waals surface area contributed by atoms with E-state index in [4.69, 9.17) is 4.74 Å². The van der Waals surface area contributed by atoms with Gasteiger partial charge in [0.15, 0.2) is 5.96 Å². The number of rotatable bonds is 8. The Morgan fingerprint density at radius 1 is 1.26 bits per heavy atom. The Labute approximate surface area is 158 Å². The van der Waals surface area contributed by atoms with E-state index in [2.05, 4.69) is 15.6 Å². The predicted octanol–water partition coefficient (Wildman–Crippen LogP) is 2.59. The average molecular weight is 387 g/mol. The summed E-state index contributed by atoms with van der Waals surface area (Å²) in [6, 6.07) is 5.21. The fourth-order valence-corrected chi connectivity index (χ4v) is 3.06. The monoisotopic (exact) mass is 387 g/mol. The van der Waals surface area contributed by atoms with E-state index in [9.17, 15) is 18.3 Å². The summed E-state index contributed by atoms with van der Waals surface area (Å²) in [6.45, 7) is 5.18. The van der Waals surface area contributed by atoms with Gasteiger partial charge < -0.3 is 20.5 Å². The van der Waals surface area contributed by atoms with Crippen LogP contribution in [0.3, 0.4) is 0 Å². The van der Waals surface area contributed by atoms with E-state index >= 15 is 0 Å². The molecule has 1 aromatic rings. The van der Waals surface area contributed by atoms with Gasteiger partial charge in [-0.05, 0) is 43.9 Å². The quantitative estimate of drug-likeness (QED) is 0.474. The summed E-state index contributed by atoms with van der Waals surface area (Å²) in [4.78, 5) is 4.62. The molecule has 8 heteroatoms. The molecule has 1 aliphatic heterocycles. The van der Waals surface area contributed by atoms with Crippen molar-refractivity contribution in [3.05, 3.63) is 35.4 Å². The zero-order valence-electron chi connectivity index (χ0n) is 15.6. The maximum Gasteiger partial charge on any atom is 0.416 e. The minimum absolute atomic E-state index is 0.108. The number of nitrogens with zero attached hydrogens (tertiary/aromatic N) is 1. The maximum atomic E-state index is 12.6. The average Bonchev–Trinajstić information content (AvgIpc) is 3.08. The molecule has 1 saturated heterocycles. The van der Waals surface area contributed by atoms with Crippen molar-refractivity contribution in [2.24, 2.45) is 10.4 Å². The third-order valence-corrected chi connectivity index (χ3v) is 4.73. The van der Waals surface area contributed by atoms with Crippen molar-refractivity contribution in [1.82, 2.24) is 10.6 Å². The standard InChI is InChI=1S/C19H28F3N3O2/c1-2-23-17(25-13-18(8-11-26)9-12-27-14-18)24-10-7-15-3-5-16(6-4-15)19(20,21)22/h3-6,26H,2,7-14H2,1H3,(H2,23,24,25). The molecule has 0 amide bonds. The highest BCUT2D eigenvalue weighted by Crippen LogP contribution is 2.32. The molecule has 0 aromatic heterocycles. The van der Waals surface area contributed by atoms with Crippen LogP contribution in [-0.4, -0.2) is 50.5 Å². The summed E-state index contributed by atoms with van der Waals surface area (Å²) in [5, 5.41) is 15.7. The Balaban J connectivity index is 1.88. The van der Waals surface area contributed by atoms with Crippen molar-refractivity contribution >= 4 is 5.96 Å². The first-order chi connectivity index (χ1) is 12.9. The van der Waals surface area contributed by atoms with Crippen molar-refractivity contribution in [2.75, 3.05) is 39.5 Å². The lowest BCUT2D eigenvalue weighted by Crippen LogP contribution is -2.39. The Bertz CT molecular complexity index is 597. The van der Waals surface area contributed by atoms with Crippen LogP contribution in [0.15, 0.2) is 29.3 Å². The molecule has 1 aromatic carbocycles. The molecule has 0 bridgehead atoms. The van der Waals surface area contributed by atoms with Crippen molar-refractivity contribution in [3.8, 4) is 0 Å². The number of aliphatic imine (C=N–C) groups is 1. The van der Waals surface area contributed by atoms with E-state index < -0.39 is 11.7 Å². The smallest absolute Gasteiger partial charge is 0.396 e. The second-order valence-corrected chi connectivity index (χ2v) is 6.84. The van der Waals surface area contributed by atoms with Gasteiger partial charge in [0.2, 0.25) is 0 Å². The van der Waals surface area contributed by atoms with Gasteiger partial charge in [0.25, 0.3) is 0 Å². The van der Waals surface area contributed by atoms with Gasteiger partial charge in [-0.1, -0.05) is 12.1 Å². The fourth-order valence-electron chi connectivity index (χ4n) is 3.06. The Morgan fingerprint density at radius 2 is 2.00 bits per heavy atom. The van der Waals surface area contributed by atoms with Crippen LogP contribution in [0.2, 0.25) is 0 Å². The summed E-state index contributed by atoms with van der Waals surface area (Å²) < 4.78 is 43.3. The Morgan fingerprint density at radius 3 is 2.56 bits per heavy atom. The van der Waals surface area contributed by atoms with Gasteiger partial charge in [0.1, 0.15) is 0 Å². The first-order valence-electron chi connectivity index (χ1n) is 9.25. The van der Waals surface area contributed by atoms with Crippen molar-refractivity contribution in [3.63, 3.8) is 0 Å². The number of halogens is 3. The zero-order valence-corrected chi connectivity index (χ0v) is 15.6. The molecule has 0 spiro atoms. The highest BCUT2D eigenvalue weighted by atomic mass is 19.4. The lowest BCUT2D eigenvalue weighted by atomic mass is 9.84. The van der Waals surface area contributed by atoms with Crippen LogP contribution in [0.4, 0.5) is 13.2 Å². The van der Waals surface area contributed by atoms with E-state index in [1.54, 1.807) is 0 Å². The lowest BCUT2D eigenvalue weighted by Gasteiger charge is -2.24. The predicted molar refractivity (Wildman–Crippen MR) is 98.7 cm³/mol. The normalized spacial score (nSPS) is 20.7. The van der Waals surface area contributed by atoms with E-state index in [-0.39, 0.29) is 12.0 Å². The molecule has 1 atom stereocenters. The molecule has 2 rings (SSSR count). The van der Waals surface area contributed by atoms with Crippen molar-refractivity contribution < 1.29 is 23.0 Å². The first-order valence-corrected chi connectivity index (χ1v) is 9.25. The molecular weight excluding hydrogens is 359 g/mol. The van der Waals surface area contributed by atoms with Gasteiger partial charge in [-0.15, -0.1) is 0 Å². The fraction of sp³-hybridized carbons (Fsp3) is 0.632. The number of benzene rings is 1. The van der Waals surface area contributed by atoms with Crippen LogP contribution < -0.4 is 10.6 Å². The number of aliphatic hydroxyl groups is 1. The number of aliphatic hydroxyl groups excluding tert-OH is 1. The largest absolute Gasteiger partial charge is 0.416 e. The molecule has 0 saturated carbocycles. The molecule has 152 valence electrons. The molecule has 0 radical (unpaired) electrons. The molecule has 27 heavy (non-hydrogen) atoms. The Hall–Kier alpha value is -1.80. The van der Waals surface area contributed by atoms with Gasteiger partial charge in [-0.3, -0.25) is 4.99 Å². The zero-order chi connectivity index (χ0) is 19.8. The summed E-state index contributed by atoms with van der Waals surface area (Å²) in [7, 11) is 0. The third-order valence-electron chi connectivity index (χ3n) is 4.73. The van der Waals surface area contributed by atoms with Gasteiger partial charge in [-0.2, -0.15) is 13.2 Å². The van der Waals surface area contributed by atoms with Crippen LogP contribution in [0.25, 0.3) is 0 Å². The van der Waals surface area contributed by atoms with Gasteiger partial charge in [0, 0.05) is 31.7 Å². The molecule has 1 unspecified atom stereocenters. The SMILES string of the molecule is CCNC(=NCC1(CCO)CCOC1)NCCc1ccc(C(F)(F)F)cc1. The molecule has 1 heterocycles. The van der Waals surface area contributed by atoms with E-state index in [0.29, 0.717) is 51.6 Å². The lowest BCUT2D eigenvalue weighted by molar-refractivity contribution is -0.137. The van der Waals surface area contributed by atoms with Crippen molar-refractivity contribution in [2.45, 2.75) is 32.4 Å². The minimum Gasteiger partial charge on any atom is -0.396 e. The number of hydrogen-bond donors (Lipinski definition) is 3. The van der Waals surface area contributed by atoms with Gasteiger partial charge in [-0.25, -0.2) is 0 Å². The van der Waals surface area contributed by atoms with Crippen molar-refractivity contribution in [1.29, 1.82) is 0 Å². The molecule has 5 nitrogen and oxygen atoms in total. The minimum atomic E-state index is -4.31. The van der Waals surface area contributed by atoms with Crippen LogP contribution in [-0.2, 0) is 17.3 Å². The summed E-state index contributed by atoms with van der Waals surface area (Å²) >= 11 is 0. The number of alkyl halides is 3. The van der Waals surface area contributed by atoms with Crippen LogP contribution in [0.1, 0.15) is 30.9 Å². The molecule has 0 aliphatic carbocycles.